The standard InChI is InChI=1S/C19H30BrNO2/c1-5-7-8-15(6-2)12-21-19(22)13-23-18-10-9-16(14(3)4)11-17(18)20/h9-11,14-15H,5-8,12-13H2,1-4H3,(H,21,22)/t15-/m1/s1. The summed E-state index contributed by atoms with van der Waals surface area (Å²) < 4.78 is 6.52. The van der Waals surface area contributed by atoms with E-state index in [0.717, 1.165) is 17.4 Å². The van der Waals surface area contributed by atoms with E-state index in [1.165, 1.54) is 24.8 Å². The molecular weight excluding hydrogens is 354 g/mol. The first-order valence-electron chi connectivity index (χ1n) is 8.66. The molecule has 1 aromatic carbocycles. The summed E-state index contributed by atoms with van der Waals surface area (Å²) in [6, 6.07) is 6.01. The van der Waals surface area contributed by atoms with Crippen molar-refractivity contribution in [3.8, 4) is 5.75 Å². The SMILES string of the molecule is CCCC[C@@H](CC)CNC(=O)COc1ccc(C(C)C)cc1Br. The van der Waals surface area contributed by atoms with Gasteiger partial charge in [-0.2, -0.15) is 0 Å². The Kier molecular flexibility index (Phi) is 9.30. The average molecular weight is 384 g/mol. The molecular formula is C19H30BrNO2. The minimum absolute atomic E-state index is 0.0558. The second-order valence-corrected chi connectivity index (χ2v) is 7.21. The summed E-state index contributed by atoms with van der Waals surface area (Å²) in [5.74, 6) is 1.69. The first kappa shape index (κ1) is 20.0. The number of nitrogens with one attached hydrogen (secondary N) is 1. The van der Waals surface area contributed by atoms with E-state index in [1.807, 2.05) is 12.1 Å². The van der Waals surface area contributed by atoms with Crippen LogP contribution < -0.4 is 10.1 Å². The third kappa shape index (κ3) is 7.38. The highest BCUT2D eigenvalue weighted by molar-refractivity contribution is 9.10. The number of benzene rings is 1. The number of rotatable bonds is 10. The molecule has 0 heterocycles. The van der Waals surface area contributed by atoms with Gasteiger partial charge in [0.05, 0.1) is 4.47 Å². The highest BCUT2D eigenvalue weighted by Gasteiger charge is 2.10. The molecule has 0 aliphatic carbocycles. The summed E-state index contributed by atoms with van der Waals surface area (Å²) in [5, 5.41) is 2.98. The van der Waals surface area contributed by atoms with Crippen LogP contribution in [0.25, 0.3) is 0 Å². The molecule has 1 aromatic rings. The molecule has 23 heavy (non-hydrogen) atoms. The number of carbonyl (C=O) groups excluding carboxylic acids is 1. The van der Waals surface area contributed by atoms with Crippen LogP contribution in [-0.2, 0) is 4.79 Å². The summed E-state index contributed by atoms with van der Waals surface area (Å²) >= 11 is 3.51. The fourth-order valence-corrected chi connectivity index (χ4v) is 2.90. The minimum atomic E-state index is -0.0558. The fourth-order valence-electron chi connectivity index (χ4n) is 2.39. The molecule has 0 aliphatic heterocycles. The number of ether oxygens (including phenoxy) is 1. The normalized spacial score (nSPS) is 12.3. The number of unbranched alkanes of at least 4 members (excludes halogenated alkanes) is 1. The van der Waals surface area contributed by atoms with E-state index in [0.29, 0.717) is 17.6 Å². The molecule has 0 spiro atoms. The van der Waals surface area contributed by atoms with E-state index in [9.17, 15) is 4.79 Å². The van der Waals surface area contributed by atoms with Crippen LogP contribution in [0.15, 0.2) is 22.7 Å². The number of amides is 1. The van der Waals surface area contributed by atoms with Gasteiger partial charge >= 0.3 is 0 Å². The Morgan fingerprint density at radius 3 is 2.61 bits per heavy atom. The molecule has 1 amide bonds. The Labute approximate surface area is 149 Å². The van der Waals surface area contributed by atoms with Crippen LogP contribution in [-0.4, -0.2) is 19.1 Å². The van der Waals surface area contributed by atoms with Crippen LogP contribution in [0.1, 0.15) is 64.9 Å². The molecule has 0 radical (unpaired) electrons. The van der Waals surface area contributed by atoms with Crippen molar-refractivity contribution in [3.63, 3.8) is 0 Å². The Hall–Kier alpha value is -1.03. The van der Waals surface area contributed by atoms with Crippen LogP contribution in [0.4, 0.5) is 0 Å². The molecule has 0 fully saturated rings. The van der Waals surface area contributed by atoms with Crippen LogP contribution in [0, 0.1) is 5.92 Å². The van der Waals surface area contributed by atoms with Gasteiger partial charge in [-0.15, -0.1) is 0 Å². The summed E-state index contributed by atoms with van der Waals surface area (Å²) in [5.41, 5.74) is 1.25. The molecule has 1 rings (SSSR count). The molecule has 3 nitrogen and oxygen atoms in total. The lowest BCUT2D eigenvalue weighted by Crippen LogP contribution is -2.33. The van der Waals surface area contributed by atoms with E-state index in [-0.39, 0.29) is 12.5 Å². The van der Waals surface area contributed by atoms with Crippen LogP contribution in [0.3, 0.4) is 0 Å². The van der Waals surface area contributed by atoms with Crippen molar-refractivity contribution in [1.82, 2.24) is 5.32 Å². The third-order valence-corrected chi connectivity index (χ3v) is 4.73. The first-order chi connectivity index (χ1) is 11.0. The largest absolute Gasteiger partial charge is 0.483 e. The molecule has 0 aromatic heterocycles. The summed E-state index contributed by atoms with van der Waals surface area (Å²) in [6.07, 6.45) is 4.70. The molecule has 0 aliphatic rings. The fraction of sp³-hybridized carbons (Fsp3) is 0.632. The van der Waals surface area contributed by atoms with Gasteiger partial charge in [-0.1, -0.05) is 53.0 Å². The van der Waals surface area contributed by atoms with Crippen molar-refractivity contribution in [1.29, 1.82) is 0 Å². The maximum Gasteiger partial charge on any atom is 0.257 e. The van der Waals surface area contributed by atoms with Gasteiger partial charge in [0.1, 0.15) is 5.75 Å². The number of hydrogen-bond donors (Lipinski definition) is 1. The predicted octanol–water partition coefficient (Wildman–Crippen LogP) is 5.28. The molecule has 0 bridgehead atoms. The zero-order chi connectivity index (χ0) is 17.2. The van der Waals surface area contributed by atoms with Crippen molar-refractivity contribution in [2.24, 2.45) is 5.92 Å². The van der Waals surface area contributed by atoms with Gasteiger partial charge in [-0.25, -0.2) is 0 Å². The number of halogens is 1. The highest BCUT2D eigenvalue weighted by atomic mass is 79.9. The topological polar surface area (TPSA) is 38.3 Å². The van der Waals surface area contributed by atoms with E-state index in [1.54, 1.807) is 0 Å². The second-order valence-electron chi connectivity index (χ2n) is 6.35. The predicted molar refractivity (Wildman–Crippen MR) is 100 cm³/mol. The number of hydrogen-bond acceptors (Lipinski definition) is 2. The minimum Gasteiger partial charge on any atom is -0.483 e. The van der Waals surface area contributed by atoms with Crippen LogP contribution >= 0.6 is 15.9 Å². The van der Waals surface area contributed by atoms with E-state index in [4.69, 9.17) is 4.74 Å². The number of carbonyl (C=O) groups is 1. The average Bonchev–Trinajstić information content (AvgIpc) is 2.53. The van der Waals surface area contributed by atoms with E-state index >= 15 is 0 Å². The summed E-state index contributed by atoms with van der Waals surface area (Å²) in [4.78, 5) is 11.9. The summed E-state index contributed by atoms with van der Waals surface area (Å²) in [6.45, 7) is 9.48. The van der Waals surface area contributed by atoms with Gasteiger partial charge in [0.25, 0.3) is 5.91 Å². The quantitative estimate of drug-likeness (QED) is 0.596. The molecule has 1 N–H and O–H groups in total. The molecule has 0 saturated carbocycles. The Bertz CT molecular complexity index is 488. The van der Waals surface area contributed by atoms with Crippen molar-refractivity contribution in [2.45, 2.75) is 59.3 Å². The maximum atomic E-state index is 11.9. The lowest BCUT2D eigenvalue weighted by molar-refractivity contribution is -0.123. The van der Waals surface area contributed by atoms with Crippen molar-refractivity contribution < 1.29 is 9.53 Å². The molecule has 1 atom stereocenters. The lowest BCUT2D eigenvalue weighted by Gasteiger charge is -2.16. The van der Waals surface area contributed by atoms with Crippen LogP contribution in [0.2, 0.25) is 0 Å². The van der Waals surface area contributed by atoms with Gasteiger partial charge in [-0.05, 0) is 51.9 Å². The Balaban J connectivity index is 2.41. The first-order valence-corrected chi connectivity index (χ1v) is 9.46. The molecule has 0 saturated heterocycles. The Morgan fingerprint density at radius 2 is 2.04 bits per heavy atom. The van der Waals surface area contributed by atoms with Crippen LogP contribution in [0.5, 0.6) is 5.75 Å². The smallest absolute Gasteiger partial charge is 0.257 e. The zero-order valence-electron chi connectivity index (χ0n) is 14.8. The zero-order valence-corrected chi connectivity index (χ0v) is 16.4. The van der Waals surface area contributed by atoms with E-state index in [2.05, 4.69) is 55.0 Å². The van der Waals surface area contributed by atoms with Gasteiger partial charge in [0.2, 0.25) is 0 Å². The maximum absolute atomic E-state index is 11.9. The highest BCUT2D eigenvalue weighted by Crippen LogP contribution is 2.28. The van der Waals surface area contributed by atoms with Gasteiger partial charge in [-0.3, -0.25) is 4.79 Å². The molecule has 130 valence electrons. The van der Waals surface area contributed by atoms with Crippen molar-refractivity contribution in [2.75, 3.05) is 13.2 Å². The molecule has 4 heteroatoms. The second kappa shape index (κ2) is 10.7. The van der Waals surface area contributed by atoms with Gasteiger partial charge in [0, 0.05) is 6.54 Å². The molecule has 0 unspecified atom stereocenters. The van der Waals surface area contributed by atoms with Crippen molar-refractivity contribution in [3.05, 3.63) is 28.2 Å². The van der Waals surface area contributed by atoms with Crippen molar-refractivity contribution >= 4 is 21.8 Å². The van der Waals surface area contributed by atoms with E-state index < -0.39 is 0 Å². The Morgan fingerprint density at radius 1 is 1.30 bits per heavy atom. The van der Waals surface area contributed by atoms with Gasteiger partial charge in [0.15, 0.2) is 6.61 Å². The van der Waals surface area contributed by atoms with Gasteiger partial charge < -0.3 is 10.1 Å². The third-order valence-electron chi connectivity index (χ3n) is 4.11. The lowest BCUT2D eigenvalue weighted by atomic mass is 9.99. The summed E-state index contributed by atoms with van der Waals surface area (Å²) in [7, 11) is 0. The monoisotopic (exact) mass is 383 g/mol.